The zero-order chi connectivity index (χ0) is 23.9. The molecule has 4 amide bonds. The molecule has 4 atom stereocenters. The average molecular weight is 461 g/mol. The first-order valence-corrected chi connectivity index (χ1v) is 11.0. The molecule has 34 heavy (non-hydrogen) atoms. The molecule has 5 rings (SSSR count). The van der Waals surface area contributed by atoms with Crippen molar-refractivity contribution in [2.75, 3.05) is 13.1 Å². The van der Waals surface area contributed by atoms with E-state index in [-0.39, 0.29) is 13.1 Å². The minimum Gasteiger partial charge on any atom is -0.481 e. The van der Waals surface area contributed by atoms with Gasteiger partial charge in [0.05, 0.1) is 18.1 Å². The number of carboxylic acid groups (broad SMARTS) is 1. The van der Waals surface area contributed by atoms with E-state index in [9.17, 15) is 24.3 Å². The third-order valence-electron chi connectivity index (χ3n) is 6.64. The van der Waals surface area contributed by atoms with E-state index in [4.69, 9.17) is 4.74 Å². The summed E-state index contributed by atoms with van der Waals surface area (Å²) in [5.41, 5.74) is -0.121. The van der Waals surface area contributed by atoms with E-state index in [0.717, 1.165) is 4.90 Å². The molecule has 3 aliphatic rings. The third kappa shape index (κ3) is 3.36. The van der Waals surface area contributed by atoms with Gasteiger partial charge in [-0.15, -0.1) is 0 Å². The molecular formula is C25H23N3O6. The van der Waals surface area contributed by atoms with E-state index in [1.165, 1.54) is 0 Å². The Morgan fingerprint density at radius 1 is 0.941 bits per heavy atom. The van der Waals surface area contributed by atoms with E-state index in [1.807, 2.05) is 12.1 Å². The minimum absolute atomic E-state index is 0.0123. The standard InChI is InChI=1S/C25H23N3O6/c29-21(19-17-11-12-18(34-17)20(19)22(30)31)26-13-14-28-23(32)25(27-24(28)33,15-7-3-1-4-8-15)16-9-5-2-6-10-16/h1-12,17-20H,13-14H2,(H,26,29)(H,27,33)(H,30,31)/t17-,18+,19?,20?/m0/s1. The number of rotatable bonds is 7. The van der Waals surface area contributed by atoms with Crippen molar-refractivity contribution in [1.29, 1.82) is 0 Å². The summed E-state index contributed by atoms with van der Waals surface area (Å²) in [6, 6.07) is 17.4. The number of aliphatic carboxylic acids is 1. The van der Waals surface area contributed by atoms with E-state index in [1.54, 1.807) is 60.7 Å². The lowest BCUT2D eigenvalue weighted by molar-refractivity contribution is -0.146. The fourth-order valence-corrected chi connectivity index (χ4v) is 5.04. The Hall–Kier alpha value is -3.98. The third-order valence-corrected chi connectivity index (χ3v) is 6.64. The smallest absolute Gasteiger partial charge is 0.325 e. The number of fused-ring (bicyclic) bond motifs is 2. The summed E-state index contributed by atoms with van der Waals surface area (Å²) in [4.78, 5) is 52.0. The lowest BCUT2D eigenvalue weighted by Crippen LogP contribution is -2.46. The molecule has 0 radical (unpaired) electrons. The number of ether oxygens (including phenoxy) is 1. The largest absolute Gasteiger partial charge is 0.481 e. The molecule has 3 aliphatic heterocycles. The zero-order valence-electron chi connectivity index (χ0n) is 18.1. The molecule has 9 nitrogen and oxygen atoms in total. The highest BCUT2D eigenvalue weighted by Crippen LogP contribution is 2.39. The maximum atomic E-state index is 13.6. The van der Waals surface area contributed by atoms with Crippen molar-refractivity contribution in [3.05, 3.63) is 83.9 Å². The van der Waals surface area contributed by atoms with Crippen molar-refractivity contribution in [1.82, 2.24) is 15.5 Å². The molecule has 0 aliphatic carbocycles. The Balaban J connectivity index is 1.32. The van der Waals surface area contributed by atoms with Crippen LogP contribution in [0.1, 0.15) is 11.1 Å². The molecule has 2 bridgehead atoms. The molecule has 0 spiro atoms. The second kappa shape index (κ2) is 8.42. The number of nitrogens with one attached hydrogen (secondary N) is 2. The van der Waals surface area contributed by atoms with Crippen LogP contribution in [0.15, 0.2) is 72.8 Å². The fourth-order valence-electron chi connectivity index (χ4n) is 5.04. The summed E-state index contributed by atoms with van der Waals surface area (Å²) in [7, 11) is 0. The van der Waals surface area contributed by atoms with Crippen LogP contribution in [0, 0.1) is 11.8 Å². The van der Waals surface area contributed by atoms with E-state index < -0.39 is 53.4 Å². The second-order valence-corrected chi connectivity index (χ2v) is 8.50. The Morgan fingerprint density at radius 3 is 2.06 bits per heavy atom. The fraction of sp³-hybridized carbons (Fsp3) is 0.280. The number of nitrogens with zero attached hydrogens (tertiary/aromatic N) is 1. The van der Waals surface area contributed by atoms with Crippen LogP contribution in [0.4, 0.5) is 4.79 Å². The van der Waals surface area contributed by atoms with Crippen molar-refractivity contribution in [3.63, 3.8) is 0 Å². The van der Waals surface area contributed by atoms with Gasteiger partial charge in [-0.05, 0) is 11.1 Å². The number of amides is 4. The van der Waals surface area contributed by atoms with Gasteiger partial charge in [0.2, 0.25) is 5.91 Å². The van der Waals surface area contributed by atoms with Crippen molar-refractivity contribution >= 4 is 23.8 Å². The summed E-state index contributed by atoms with van der Waals surface area (Å²) in [6.45, 7) is -0.0747. The molecule has 9 heteroatoms. The molecule has 174 valence electrons. The first-order chi connectivity index (χ1) is 16.4. The number of hydrogen-bond acceptors (Lipinski definition) is 5. The number of imide groups is 1. The van der Waals surface area contributed by atoms with Gasteiger partial charge in [0, 0.05) is 13.1 Å². The SMILES string of the molecule is O=C(NCCN1C(=O)NC(c2ccccc2)(c2ccccc2)C1=O)C1C(C(=O)O)[C@H]2C=C[C@@H]1O2. The highest BCUT2D eigenvalue weighted by molar-refractivity contribution is 6.09. The van der Waals surface area contributed by atoms with Crippen LogP contribution in [0.2, 0.25) is 0 Å². The molecule has 2 aromatic rings. The molecule has 0 saturated carbocycles. The number of carboxylic acids is 1. The van der Waals surface area contributed by atoms with Crippen molar-refractivity contribution < 1.29 is 29.0 Å². The molecule has 2 unspecified atom stereocenters. The summed E-state index contributed by atoms with van der Waals surface area (Å²) in [5, 5.41) is 15.0. The van der Waals surface area contributed by atoms with Crippen LogP contribution in [-0.2, 0) is 24.7 Å². The van der Waals surface area contributed by atoms with Crippen molar-refractivity contribution in [3.8, 4) is 0 Å². The highest BCUT2D eigenvalue weighted by atomic mass is 16.5. The predicted molar refractivity (Wildman–Crippen MR) is 119 cm³/mol. The topological polar surface area (TPSA) is 125 Å². The molecule has 3 heterocycles. The molecule has 2 saturated heterocycles. The van der Waals surface area contributed by atoms with Crippen LogP contribution in [0.25, 0.3) is 0 Å². The Labute approximate surface area is 195 Å². The number of benzene rings is 2. The monoisotopic (exact) mass is 461 g/mol. The first kappa shape index (κ1) is 21.8. The van der Waals surface area contributed by atoms with E-state index >= 15 is 0 Å². The van der Waals surface area contributed by atoms with Crippen LogP contribution in [0.5, 0.6) is 0 Å². The lowest BCUT2D eigenvalue weighted by Gasteiger charge is -2.28. The van der Waals surface area contributed by atoms with Gasteiger partial charge < -0.3 is 20.5 Å². The molecule has 3 N–H and O–H groups in total. The van der Waals surface area contributed by atoms with Gasteiger partial charge in [-0.25, -0.2) is 4.79 Å². The normalized spacial score (nSPS) is 26.5. The molecule has 0 aromatic heterocycles. The first-order valence-electron chi connectivity index (χ1n) is 11.0. The number of hydrogen-bond donors (Lipinski definition) is 3. The molecule has 2 aromatic carbocycles. The Bertz CT molecular complexity index is 1130. The highest BCUT2D eigenvalue weighted by Gasteiger charge is 2.54. The predicted octanol–water partition coefficient (Wildman–Crippen LogP) is 1.25. The van der Waals surface area contributed by atoms with E-state index in [0.29, 0.717) is 11.1 Å². The molecule has 2 fully saturated rings. The van der Waals surface area contributed by atoms with Gasteiger partial charge in [-0.2, -0.15) is 0 Å². The van der Waals surface area contributed by atoms with Gasteiger partial charge in [-0.3, -0.25) is 19.3 Å². The van der Waals surface area contributed by atoms with Gasteiger partial charge in [-0.1, -0.05) is 72.8 Å². The van der Waals surface area contributed by atoms with Gasteiger partial charge >= 0.3 is 12.0 Å². The van der Waals surface area contributed by atoms with Gasteiger partial charge in [0.1, 0.15) is 5.92 Å². The maximum absolute atomic E-state index is 13.6. The van der Waals surface area contributed by atoms with Gasteiger partial charge in [0.15, 0.2) is 5.54 Å². The summed E-state index contributed by atoms with van der Waals surface area (Å²) in [5.74, 6) is -3.84. The quantitative estimate of drug-likeness (QED) is 0.421. The average Bonchev–Trinajstić information content (AvgIpc) is 3.54. The van der Waals surface area contributed by atoms with Crippen LogP contribution >= 0.6 is 0 Å². The summed E-state index contributed by atoms with van der Waals surface area (Å²) < 4.78 is 5.54. The zero-order valence-corrected chi connectivity index (χ0v) is 18.1. The lowest BCUT2D eigenvalue weighted by atomic mass is 9.82. The summed E-state index contributed by atoms with van der Waals surface area (Å²) >= 11 is 0. The number of carbonyl (C=O) groups is 4. The van der Waals surface area contributed by atoms with Crippen LogP contribution in [0.3, 0.4) is 0 Å². The minimum atomic E-state index is -1.37. The second-order valence-electron chi connectivity index (χ2n) is 8.50. The maximum Gasteiger partial charge on any atom is 0.325 e. The molecular weight excluding hydrogens is 438 g/mol. The van der Waals surface area contributed by atoms with Crippen LogP contribution in [-0.4, -0.2) is 59.1 Å². The van der Waals surface area contributed by atoms with Crippen molar-refractivity contribution in [2.45, 2.75) is 17.7 Å². The Kier molecular flexibility index (Phi) is 5.41. The summed E-state index contributed by atoms with van der Waals surface area (Å²) in [6.07, 6.45) is 2.14. The van der Waals surface area contributed by atoms with Gasteiger partial charge in [0.25, 0.3) is 5.91 Å². The Morgan fingerprint density at radius 2 is 1.50 bits per heavy atom. The number of urea groups is 1. The number of carbonyl (C=O) groups excluding carboxylic acids is 3. The van der Waals surface area contributed by atoms with Crippen molar-refractivity contribution in [2.24, 2.45) is 11.8 Å². The van der Waals surface area contributed by atoms with Crippen LogP contribution < -0.4 is 10.6 Å². The van der Waals surface area contributed by atoms with E-state index in [2.05, 4.69) is 10.6 Å².